The van der Waals surface area contributed by atoms with Gasteiger partial charge in [-0.25, -0.2) is 0 Å². The standard InChI is InChI=1S/C25H34N2O5S/c1-25(2,3)23(28)31-16-20(13-18-9-7-6-8-10-18)27(24(26)33)15-19-11-12-21(32-17-29-4)22(14-19)30-5/h6-12,14,20H,13,15-17H2,1-5H3,(H2,26,33)/t20-/m1/s1. The van der Waals surface area contributed by atoms with Crippen molar-refractivity contribution in [1.82, 2.24) is 4.90 Å². The van der Waals surface area contributed by atoms with E-state index < -0.39 is 5.41 Å². The molecule has 2 aromatic rings. The van der Waals surface area contributed by atoms with Crippen molar-refractivity contribution < 1.29 is 23.7 Å². The molecule has 0 spiro atoms. The van der Waals surface area contributed by atoms with Gasteiger partial charge in [0.25, 0.3) is 0 Å². The third kappa shape index (κ3) is 8.22. The molecule has 0 bridgehead atoms. The Labute approximate surface area is 201 Å². The fourth-order valence-electron chi connectivity index (χ4n) is 3.17. The van der Waals surface area contributed by atoms with Gasteiger partial charge in [-0.2, -0.15) is 0 Å². The van der Waals surface area contributed by atoms with Gasteiger partial charge >= 0.3 is 5.97 Å². The smallest absolute Gasteiger partial charge is 0.311 e. The highest BCUT2D eigenvalue weighted by atomic mass is 32.1. The molecule has 33 heavy (non-hydrogen) atoms. The molecule has 180 valence electrons. The Kier molecular flexibility index (Phi) is 9.94. The SMILES string of the molecule is COCOc1ccc(CN(C(N)=S)[C@@H](COC(=O)C(C)(C)C)Cc2ccccc2)cc1OC. The highest BCUT2D eigenvalue weighted by molar-refractivity contribution is 7.80. The third-order valence-corrected chi connectivity index (χ3v) is 5.20. The molecule has 2 aromatic carbocycles. The molecule has 2 N–H and O–H groups in total. The first-order valence-corrected chi connectivity index (χ1v) is 11.1. The molecule has 0 radical (unpaired) electrons. The summed E-state index contributed by atoms with van der Waals surface area (Å²) in [6.07, 6.45) is 0.613. The third-order valence-electron chi connectivity index (χ3n) is 4.97. The van der Waals surface area contributed by atoms with Crippen LogP contribution in [0, 0.1) is 5.41 Å². The van der Waals surface area contributed by atoms with Crippen LogP contribution in [0.4, 0.5) is 0 Å². The van der Waals surface area contributed by atoms with Crippen LogP contribution in [0.15, 0.2) is 48.5 Å². The maximum Gasteiger partial charge on any atom is 0.311 e. The molecule has 0 heterocycles. The fraction of sp³-hybridized carbons (Fsp3) is 0.440. The predicted molar refractivity (Wildman–Crippen MR) is 132 cm³/mol. The van der Waals surface area contributed by atoms with E-state index in [1.165, 1.54) is 0 Å². The van der Waals surface area contributed by atoms with Gasteiger partial charge in [0.1, 0.15) is 6.61 Å². The highest BCUT2D eigenvalue weighted by Gasteiger charge is 2.27. The normalized spacial score (nSPS) is 12.0. The summed E-state index contributed by atoms with van der Waals surface area (Å²) < 4.78 is 21.6. The van der Waals surface area contributed by atoms with E-state index in [1.54, 1.807) is 14.2 Å². The maximum absolute atomic E-state index is 12.4. The van der Waals surface area contributed by atoms with Crippen LogP contribution in [0.1, 0.15) is 31.9 Å². The van der Waals surface area contributed by atoms with Crippen molar-refractivity contribution in [3.63, 3.8) is 0 Å². The zero-order valence-electron chi connectivity index (χ0n) is 20.0. The lowest BCUT2D eigenvalue weighted by molar-refractivity contribution is -0.154. The number of methoxy groups -OCH3 is 2. The van der Waals surface area contributed by atoms with E-state index >= 15 is 0 Å². The molecule has 2 rings (SSSR count). The fourth-order valence-corrected chi connectivity index (χ4v) is 3.38. The Balaban J connectivity index is 2.28. The maximum atomic E-state index is 12.4. The van der Waals surface area contributed by atoms with Gasteiger partial charge in [0, 0.05) is 13.7 Å². The number of rotatable bonds is 11. The second kappa shape index (κ2) is 12.4. The molecule has 0 aliphatic carbocycles. The van der Waals surface area contributed by atoms with E-state index in [0.717, 1.165) is 11.1 Å². The molecule has 0 aromatic heterocycles. The molecule has 1 atom stereocenters. The minimum absolute atomic E-state index is 0.118. The number of carbonyl (C=O) groups excluding carboxylic acids is 1. The highest BCUT2D eigenvalue weighted by Crippen LogP contribution is 2.29. The number of ether oxygens (including phenoxy) is 4. The van der Waals surface area contributed by atoms with E-state index in [2.05, 4.69) is 0 Å². The first-order valence-electron chi connectivity index (χ1n) is 10.7. The Hall–Kier alpha value is -2.84. The summed E-state index contributed by atoms with van der Waals surface area (Å²) in [6, 6.07) is 15.3. The number of carbonyl (C=O) groups is 1. The topological polar surface area (TPSA) is 83.3 Å². The summed E-state index contributed by atoms with van der Waals surface area (Å²) in [4.78, 5) is 14.3. The van der Waals surface area contributed by atoms with Gasteiger partial charge in [-0.1, -0.05) is 36.4 Å². The summed E-state index contributed by atoms with van der Waals surface area (Å²) in [6.45, 7) is 6.17. The number of nitrogens with zero attached hydrogens (tertiary/aromatic N) is 1. The van der Waals surface area contributed by atoms with Crippen molar-refractivity contribution in [2.45, 2.75) is 39.8 Å². The zero-order chi connectivity index (χ0) is 24.4. The average Bonchev–Trinajstić information content (AvgIpc) is 2.78. The molecule has 0 aliphatic heterocycles. The van der Waals surface area contributed by atoms with Gasteiger partial charge in [-0.05, 0) is 62.7 Å². The molecular weight excluding hydrogens is 440 g/mol. The van der Waals surface area contributed by atoms with E-state index in [0.29, 0.717) is 24.5 Å². The van der Waals surface area contributed by atoms with Crippen LogP contribution in [-0.2, 0) is 27.2 Å². The van der Waals surface area contributed by atoms with Gasteiger partial charge < -0.3 is 29.6 Å². The number of esters is 1. The second-order valence-corrected chi connectivity index (χ2v) is 9.11. The molecule has 0 amide bonds. The quantitative estimate of drug-likeness (QED) is 0.298. The van der Waals surface area contributed by atoms with Crippen molar-refractivity contribution in [3.05, 3.63) is 59.7 Å². The van der Waals surface area contributed by atoms with Crippen LogP contribution < -0.4 is 15.2 Å². The number of benzene rings is 2. The van der Waals surface area contributed by atoms with Crippen LogP contribution in [0.2, 0.25) is 0 Å². The van der Waals surface area contributed by atoms with Crippen LogP contribution in [0.5, 0.6) is 11.5 Å². The molecule has 8 heteroatoms. The van der Waals surface area contributed by atoms with Crippen molar-refractivity contribution in [3.8, 4) is 11.5 Å². The largest absolute Gasteiger partial charge is 0.493 e. The van der Waals surface area contributed by atoms with Crippen molar-refractivity contribution in [2.24, 2.45) is 11.1 Å². The van der Waals surface area contributed by atoms with E-state index in [-0.39, 0.29) is 30.5 Å². The van der Waals surface area contributed by atoms with Gasteiger partial charge in [0.05, 0.1) is 18.6 Å². The molecule has 0 saturated heterocycles. The van der Waals surface area contributed by atoms with E-state index in [4.69, 9.17) is 36.9 Å². The predicted octanol–water partition coefficient (Wildman–Crippen LogP) is 3.92. The lowest BCUT2D eigenvalue weighted by Gasteiger charge is -2.33. The first kappa shape index (κ1) is 26.4. The number of hydrogen-bond donors (Lipinski definition) is 1. The molecular formula is C25H34N2O5S. The Morgan fingerprint density at radius 2 is 1.76 bits per heavy atom. The van der Waals surface area contributed by atoms with Crippen LogP contribution >= 0.6 is 12.2 Å². The van der Waals surface area contributed by atoms with Gasteiger partial charge in [-0.15, -0.1) is 0 Å². The lowest BCUT2D eigenvalue weighted by atomic mass is 9.97. The van der Waals surface area contributed by atoms with Gasteiger partial charge in [0.2, 0.25) is 0 Å². The molecule has 0 fully saturated rings. The Morgan fingerprint density at radius 3 is 2.33 bits per heavy atom. The van der Waals surface area contributed by atoms with Crippen LogP contribution in [0.3, 0.4) is 0 Å². The van der Waals surface area contributed by atoms with E-state index in [9.17, 15) is 4.79 Å². The van der Waals surface area contributed by atoms with E-state index in [1.807, 2.05) is 74.2 Å². The monoisotopic (exact) mass is 474 g/mol. The summed E-state index contributed by atoms with van der Waals surface area (Å²) >= 11 is 5.40. The summed E-state index contributed by atoms with van der Waals surface area (Å²) in [5.74, 6) is 0.876. The van der Waals surface area contributed by atoms with Crippen molar-refractivity contribution in [1.29, 1.82) is 0 Å². The Bertz CT molecular complexity index is 915. The van der Waals surface area contributed by atoms with Crippen LogP contribution in [-0.4, -0.2) is 49.6 Å². The lowest BCUT2D eigenvalue weighted by Crippen LogP contribution is -2.47. The summed E-state index contributed by atoms with van der Waals surface area (Å²) in [5.41, 5.74) is 7.56. The van der Waals surface area contributed by atoms with Gasteiger partial charge in [-0.3, -0.25) is 4.79 Å². The van der Waals surface area contributed by atoms with Crippen molar-refractivity contribution >= 4 is 23.3 Å². The zero-order valence-corrected chi connectivity index (χ0v) is 20.8. The minimum atomic E-state index is -0.600. The second-order valence-electron chi connectivity index (χ2n) is 8.69. The summed E-state index contributed by atoms with van der Waals surface area (Å²) in [5, 5.41) is 0.224. The molecule has 0 unspecified atom stereocenters. The number of hydrogen-bond acceptors (Lipinski definition) is 6. The van der Waals surface area contributed by atoms with Crippen LogP contribution in [0.25, 0.3) is 0 Å². The number of thiocarbonyl (C=S) groups is 1. The summed E-state index contributed by atoms with van der Waals surface area (Å²) in [7, 11) is 3.13. The van der Waals surface area contributed by atoms with Gasteiger partial charge in [0.15, 0.2) is 23.4 Å². The average molecular weight is 475 g/mol. The Morgan fingerprint density at radius 1 is 1.06 bits per heavy atom. The number of nitrogens with two attached hydrogens (primary N) is 1. The molecule has 0 aliphatic rings. The van der Waals surface area contributed by atoms with Crippen molar-refractivity contribution in [2.75, 3.05) is 27.6 Å². The first-order chi connectivity index (χ1) is 15.7. The molecule has 0 saturated carbocycles. The minimum Gasteiger partial charge on any atom is -0.493 e. The molecule has 7 nitrogen and oxygen atoms in total.